The number of aryl methyl sites for hydroxylation is 1. The largest absolute Gasteiger partial charge is 0.490 e. The molecular formula is C25H25ClN2O5S. The number of benzene rings is 2. The van der Waals surface area contributed by atoms with E-state index in [0.29, 0.717) is 34.4 Å². The van der Waals surface area contributed by atoms with Gasteiger partial charge in [0.25, 0.3) is 11.1 Å². The fourth-order valence-electron chi connectivity index (χ4n) is 3.17. The first-order valence-corrected chi connectivity index (χ1v) is 11.9. The number of ether oxygens (including phenoxy) is 2. The molecule has 7 nitrogen and oxygen atoms in total. The minimum Gasteiger partial charge on any atom is -0.490 e. The Labute approximate surface area is 207 Å². The number of imide groups is 1. The van der Waals surface area contributed by atoms with Crippen LogP contribution in [0.3, 0.4) is 0 Å². The first-order valence-electron chi connectivity index (χ1n) is 10.7. The number of halogens is 1. The van der Waals surface area contributed by atoms with Crippen molar-refractivity contribution >= 4 is 52.2 Å². The van der Waals surface area contributed by atoms with Crippen LogP contribution in [0.1, 0.15) is 25.0 Å². The Balaban J connectivity index is 1.74. The van der Waals surface area contributed by atoms with E-state index in [4.69, 9.17) is 21.1 Å². The molecule has 34 heavy (non-hydrogen) atoms. The average Bonchev–Trinajstić information content (AvgIpc) is 3.06. The lowest BCUT2D eigenvalue weighted by Crippen LogP contribution is -2.36. The maximum Gasteiger partial charge on any atom is 0.294 e. The molecule has 1 N–H and O–H groups in total. The highest BCUT2D eigenvalue weighted by molar-refractivity contribution is 8.18. The van der Waals surface area contributed by atoms with E-state index >= 15 is 0 Å². The summed E-state index contributed by atoms with van der Waals surface area (Å²) in [5.41, 5.74) is 2.30. The van der Waals surface area contributed by atoms with E-state index in [1.165, 1.54) is 6.08 Å². The topological polar surface area (TPSA) is 84.9 Å². The summed E-state index contributed by atoms with van der Waals surface area (Å²) in [5, 5.41) is 2.49. The van der Waals surface area contributed by atoms with E-state index < -0.39 is 17.1 Å². The SMILES string of the molecule is C=CCOc1c(Cl)cc(/C=C2/SC(=O)N(CC(=O)Nc3ccc(CC)cc3)C2=O)cc1OCC. The number of rotatable bonds is 10. The van der Waals surface area contributed by atoms with Crippen molar-refractivity contribution in [1.82, 2.24) is 4.90 Å². The summed E-state index contributed by atoms with van der Waals surface area (Å²) in [7, 11) is 0. The number of carbonyl (C=O) groups is 3. The van der Waals surface area contributed by atoms with Crippen molar-refractivity contribution in [3.05, 3.63) is 70.1 Å². The molecule has 3 amide bonds. The van der Waals surface area contributed by atoms with Gasteiger partial charge in [-0.1, -0.05) is 43.3 Å². The molecule has 1 aliphatic heterocycles. The zero-order valence-electron chi connectivity index (χ0n) is 18.9. The molecule has 178 valence electrons. The highest BCUT2D eigenvalue weighted by Gasteiger charge is 2.36. The van der Waals surface area contributed by atoms with Crippen molar-refractivity contribution in [3.8, 4) is 11.5 Å². The van der Waals surface area contributed by atoms with E-state index in [0.717, 1.165) is 28.6 Å². The van der Waals surface area contributed by atoms with Crippen LogP contribution in [0.2, 0.25) is 5.02 Å². The second-order valence-electron chi connectivity index (χ2n) is 7.23. The van der Waals surface area contributed by atoms with Gasteiger partial charge in [-0.2, -0.15) is 0 Å². The Morgan fingerprint density at radius 1 is 1.18 bits per heavy atom. The van der Waals surface area contributed by atoms with E-state index in [9.17, 15) is 14.4 Å². The molecule has 0 radical (unpaired) electrons. The third-order valence-corrected chi connectivity index (χ3v) is 5.98. The molecular weight excluding hydrogens is 476 g/mol. The lowest BCUT2D eigenvalue weighted by Gasteiger charge is -2.14. The van der Waals surface area contributed by atoms with Gasteiger partial charge in [0.2, 0.25) is 5.91 Å². The molecule has 0 bridgehead atoms. The smallest absolute Gasteiger partial charge is 0.294 e. The number of nitrogens with one attached hydrogen (secondary N) is 1. The van der Waals surface area contributed by atoms with Crippen molar-refractivity contribution in [2.24, 2.45) is 0 Å². The number of carbonyl (C=O) groups excluding carboxylic acids is 3. The number of anilines is 1. The molecule has 9 heteroatoms. The van der Waals surface area contributed by atoms with Crippen LogP contribution in [-0.2, 0) is 16.0 Å². The minimum atomic E-state index is -0.549. The molecule has 2 aromatic rings. The summed E-state index contributed by atoms with van der Waals surface area (Å²) in [6.45, 7) is 7.74. The van der Waals surface area contributed by atoms with Gasteiger partial charge < -0.3 is 14.8 Å². The van der Waals surface area contributed by atoms with Crippen LogP contribution in [-0.4, -0.2) is 41.7 Å². The molecule has 0 spiro atoms. The fourth-order valence-corrected chi connectivity index (χ4v) is 4.28. The van der Waals surface area contributed by atoms with E-state index in [1.54, 1.807) is 30.3 Å². The van der Waals surface area contributed by atoms with E-state index in [1.807, 2.05) is 26.0 Å². The monoisotopic (exact) mass is 500 g/mol. The third kappa shape index (κ3) is 6.21. The highest BCUT2D eigenvalue weighted by Crippen LogP contribution is 2.39. The predicted octanol–water partition coefficient (Wildman–Crippen LogP) is 5.54. The quantitative estimate of drug-likeness (QED) is 0.340. The average molecular weight is 501 g/mol. The minimum absolute atomic E-state index is 0.184. The van der Waals surface area contributed by atoms with Gasteiger partial charge in [0.05, 0.1) is 16.5 Å². The van der Waals surface area contributed by atoms with Crippen molar-refractivity contribution < 1.29 is 23.9 Å². The Morgan fingerprint density at radius 3 is 2.56 bits per heavy atom. The van der Waals surface area contributed by atoms with Crippen molar-refractivity contribution in [2.45, 2.75) is 20.3 Å². The standard InChI is InChI=1S/C25H25ClN2O5S/c1-4-11-33-23-19(26)12-17(13-20(23)32-6-3)14-21-24(30)28(25(31)34-21)15-22(29)27-18-9-7-16(5-2)8-10-18/h4,7-10,12-14H,1,5-6,11,15H2,2-3H3,(H,27,29)/b21-14+. The molecule has 1 aliphatic rings. The molecule has 0 aromatic heterocycles. The summed E-state index contributed by atoms with van der Waals surface area (Å²) >= 11 is 7.12. The predicted molar refractivity (Wildman–Crippen MR) is 135 cm³/mol. The lowest BCUT2D eigenvalue weighted by atomic mass is 10.1. The fraction of sp³-hybridized carbons (Fsp3) is 0.240. The van der Waals surface area contributed by atoms with Crippen LogP contribution >= 0.6 is 23.4 Å². The Kier molecular flexibility index (Phi) is 8.79. The number of thioether (sulfide) groups is 1. The van der Waals surface area contributed by atoms with Crippen LogP contribution < -0.4 is 14.8 Å². The van der Waals surface area contributed by atoms with E-state index in [2.05, 4.69) is 11.9 Å². The molecule has 0 atom stereocenters. The first-order chi connectivity index (χ1) is 16.4. The normalized spacial score (nSPS) is 14.4. The third-order valence-electron chi connectivity index (χ3n) is 4.80. The van der Waals surface area contributed by atoms with Crippen LogP contribution in [0.5, 0.6) is 11.5 Å². The molecule has 1 fully saturated rings. The maximum atomic E-state index is 12.8. The first kappa shape index (κ1) is 25.4. The highest BCUT2D eigenvalue weighted by atomic mass is 35.5. The van der Waals surface area contributed by atoms with Crippen LogP contribution in [0.4, 0.5) is 10.5 Å². The van der Waals surface area contributed by atoms with Crippen LogP contribution in [0.25, 0.3) is 6.08 Å². The van der Waals surface area contributed by atoms with Gasteiger partial charge in [-0.3, -0.25) is 19.3 Å². The van der Waals surface area contributed by atoms with Gasteiger partial charge in [0, 0.05) is 5.69 Å². The van der Waals surface area contributed by atoms with Gasteiger partial charge in [-0.15, -0.1) is 0 Å². The van der Waals surface area contributed by atoms with Gasteiger partial charge in [-0.05, 0) is 66.6 Å². The van der Waals surface area contributed by atoms with Gasteiger partial charge in [0.1, 0.15) is 13.2 Å². The van der Waals surface area contributed by atoms with Crippen molar-refractivity contribution in [3.63, 3.8) is 0 Å². The number of hydrogen-bond acceptors (Lipinski definition) is 6. The second-order valence-corrected chi connectivity index (χ2v) is 8.63. The number of amides is 3. The maximum absolute atomic E-state index is 12.8. The molecule has 3 rings (SSSR count). The summed E-state index contributed by atoms with van der Waals surface area (Å²) in [5.74, 6) is -0.223. The van der Waals surface area contributed by atoms with Crippen LogP contribution in [0.15, 0.2) is 54.0 Å². The van der Waals surface area contributed by atoms with Crippen LogP contribution in [0, 0.1) is 0 Å². The molecule has 2 aromatic carbocycles. The molecule has 0 saturated carbocycles. The molecule has 1 saturated heterocycles. The van der Waals surface area contributed by atoms with Gasteiger partial charge in [0.15, 0.2) is 11.5 Å². The van der Waals surface area contributed by atoms with Gasteiger partial charge >= 0.3 is 0 Å². The van der Waals surface area contributed by atoms with Crippen molar-refractivity contribution in [2.75, 3.05) is 25.1 Å². The zero-order chi connectivity index (χ0) is 24.7. The molecule has 0 aliphatic carbocycles. The summed E-state index contributed by atoms with van der Waals surface area (Å²) in [4.78, 5) is 38.8. The molecule has 0 unspecified atom stereocenters. The summed E-state index contributed by atoms with van der Waals surface area (Å²) in [6, 6.07) is 10.7. The Bertz CT molecular complexity index is 1130. The number of hydrogen-bond donors (Lipinski definition) is 1. The van der Waals surface area contributed by atoms with Crippen molar-refractivity contribution in [1.29, 1.82) is 0 Å². The lowest BCUT2D eigenvalue weighted by molar-refractivity contribution is -0.127. The molecule has 1 heterocycles. The Morgan fingerprint density at radius 2 is 1.91 bits per heavy atom. The number of nitrogens with zero attached hydrogens (tertiary/aromatic N) is 1. The second kappa shape index (κ2) is 11.8. The summed E-state index contributed by atoms with van der Waals surface area (Å²) in [6.07, 6.45) is 4.02. The zero-order valence-corrected chi connectivity index (χ0v) is 20.5. The Hall–Kier alpha value is -3.23. The van der Waals surface area contributed by atoms with Gasteiger partial charge in [-0.25, -0.2) is 0 Å². The summed E-state index contributed by atoms with van der Waals surface area (Å²) < 4.78 is 11.2. The van der Waals surface area contributed by atoms with E-state index in [-0.39, 0.29) is 18.1 Å².